The minimum absolute atomic E-state index is 0.0779. The van der Waals surface area contributed by atoms with Gasteiger partial charge in [0, 0.05) is 12.4 Å². The standard InChI is InChI=1S/C8H12N2O2S/c1-7(2)13(11,12)6-8-9-4-3-5-10-8/h3-5,7H,6H2,1-2H3. The maximum absolute atomic E-state index is 11.4. The monoisotopic (exact) mass is 200 g/mol. The average molecular weight is 200 g/mol. The first-order valence-electron chi connectivity index (χ1n) is 4.00. The number of sulfone groups is 1. The Morgan fingerprint density at radius 2 is 1.85 bits per heavy atom. The molecular formula is C8H12N2O2S. The second-order valence-corrected chi connectivity index (χ2v) is 5.58. The van der Waals surface area contributed by atoms with Crippen LogP contribution in [0.15, 0.2) is 18.5 Å². The Morgan fingerprint density at radius 1 is 1.31 bits per heavy atom. The molecule has 0 spiro atoms. The smallest absolute Gasteiger partial charge is 0.159 e. The van der Waals surface area contributed by atoms with Crippen LogP contribution in [0.4, 0.5) is 0 Å². The Labute approximate surface area is 78.0 Å². The van der Waals surface area contributed by atoms with Crippen LogP contribution >= 0.6 is 0 Å². The average Bonchev–Trinajstić information content (AvgIpc) is 2.05. The summed E-state index contributed by atoms with van der Waals surface area (Å²) in [6, 6.07) is 1.66. The highest BCUT2D eigenvalue weighted by molar-refractivity contribution is 7.91. The first-order valence-corrected chi connectivity index (χ1v) is 5.71. The maximum Gasteiger partial charge on any atom is 0.159 e. The summed E-state index contributed by atoms with van der Waals surface area (Å²) in [5, 5.41) is -0.378. The van der Waals surface area contributed by atoms with Gasteiger partial charge in [0.05, 0.1) is 5.25 Å². The molecule has 0 unspecified atom stereocenters. The van der Waals surface area contributed by atoms with Crippen LogP contribution < -0.4 is 0 Å². The zero-order valence-corrected chi connectivity index (χ0v) is 8.45. The summed E-state index contributed by atoms with van der Waals surface area (Å²) in [4.78, 5) is 7.71. The van der Waals surface area contributed by atoms with Crippen LogP contribution in [-0.4, -0.2) is 23.6 Å². The molecule has 0 radical (unpaired) electrons. The fourth-order valence-corrected chi connectivity index (χ4v) is 1.59. The third kappa shape index (κ3) is 2.77. The minimum atomic E-state index is -3.08. The van der Waals surface area contributed by atoms with E-state index in [9.17, 15) is 8.42 Å². The van der Waals surface area contributed by atoms with Crippen molar-refractivity contribution in [1.29, 1.82) is 0 Å². The number of aromatic nitrogens is 2. The molecule has 5 heteroatoms. The van der Waals surface area contributed by atoms with E-state index < -0.39 is 9.84 Å². The third-order valence-corrected chi connectivity index (χ3v) is 3.76. The van der Waals surface area contributed by atoms with Crippen molar-refractivity contribution in [2.75, 3.05) is 0 Å². The van der Waals surface area contributed by atoms with E-state index in [1.807, 2.05) is 0 Å². The normalized spacial score (nSPS) is 11.9. The van der Waals surface area contributed by atoms with E-state index in [1.165, 1.54) is 12.4 Å². The molecule has 4 nitrogen and oxygen atoms in total. The van der Waals surface area contributed by atoms with E-state index in [0.717, 1.165) is 0 Å². The Hall–Kier alpha value is -0.970. The van der Waals surface area contributed by atoms with Gasteiger partial charge in [-0.2, -0.15) is 0 Å². The van der Waals surface area contributed by atoms with Crippen LogP contribution in [0, 0.1) is 0 Å². The molecular weight excluding hydrogens is 188 g/mol. The van der Waals surface area contributed by atoms with E-state index >= 15 is 0 Å². The molecule has 0 amide bonds. The Bertz CT molecular complexity index is 359. The molecule has 0 fully saturated rings. The molecule has 72 valence electrons. The SMILES string of the molecule is CC(C)S(=O)(=O)Cc1ncccn1. The molecule has 0 aliphatic rings. The van der Waals surface area contributed by atoms with Crippen LogP contribution in [0.5, 0.6) is 0 Å². The van der Waals surface area contributed by atoms with Crippen molar-refractivity contribution in [2.45, 2.75) is 24.9 Å². The van der Waals surface area contributed by atoms with Gasteiger partial charge in [0.2, 0.25) is 0 Å². The summed E-state index contributed by atoms with van der Waals surface area (Å²) in [5.74, 6) is 0.280. The number of rotatable bonds is 3. The van der Waals surface area contributed by atoms with Gasteiger partial charge in [0.15, 0.2) is 9.84 Å². The second-order valence-electron chi connectivity index (χ2n) is 3.02. The lowest BCUT2D eigenvalue weighted by Crippen LogP contribution is -2.17. The lowest BCUT2D eigenvalue weighted by atomic mass is 10.6. The number of nitrogens with zero attached hydrogens (tertiary/aromatic N) is 2. The van der Waals surface area contributed by atoms with Crippen LogP contribution in [-0.2, 0) is 15.6 Å². The lowest BCUT2D eigenvalue weighted by molar-refractivity contribution is 0.585. The molecule has 1 rings (SSSR count). The molecule has 1 heterocycles. The summed E-state index contributed by atoms with van der Waals surface area (Å²) in [6.07, 6.45) is 3.08. The van der Waals surface area contributed by atoms with Gasteiger partial charge < -0.3 is 0 Å². The zero-order chi connectivity index (χ0) is 9.90. The molecule has 1 aromatic rings. The summed E-state index contributed by atoms with van der Waals surface area (Å²) in [6.45, 7) is 3.30. The Morgan fingerprint density at radius 3 is 2.31 bits per heavy atom. The molecule has 1 aromatic heterocycles. The zero-order valence-electron chi connectivity index (χ0n) is 7.64. The molecule has 0 saturated carbocycles. The molecule has 0 saturated heterocycles. The van der Waals surface area contributed by atoms with Crippen molar-refractivity contribution in [2.24, 2.45) is 0 Å². The summed E-state index contributed by atoms with van der Waals surface area (Å²) < 4.78 is 22.8. The van der Waals surface area contributed by atoms with Gasteiger partial charge in [-0.15, -0.1) is 0 Å². The highest BCUT2D eigenvalue weighted by Crippen LogP contribution is 2.06. The van der Waals surface area contributed by atoms with Crippen LogP contribution in [0.2, 0.25) is 0 Å². The molecule has 0 atom stereocenters. The van der Waals surface area contributed by atoms with Crippen LogP contribution in [0.1, 0.15) is 19.7 Å². The van der Waals surface area contributed by atoms with E-state index in [0.29, 0.717) is 5.82 Å². The molecule has 0 aliphatic carbocycles. The van der Waals surface area contributed by atoms with Crippen molar-refractivity contribution in [3.05, 3.63) is 24.3 Å². The number of hydrogen-bond acceptors (Lipinski definition) is 4. The summed E-state index contributed by atoms with van der Waals surface area (Å²) in [7, 11) is -3.08. The molecule has 13 heavy (non-hydrogen) atoms. The fourth-order valence-electron chi connectivity index (χ4n) is 0.751. The summed E-state index contributed by atoms with van der Waals surface area (Å²) in [5.41, 5.74) is 0. The summed E-state index contributed by atoms with van der Waals surface area (Å²) >= 11 is 0. The molecule has 0 aliphatic heterocycles. The third-order valence-electron chi connectivity index (χ3n) is 1.67. The van der Waals surface area contributed by atoms with Crippen LogP contribution in [0.3, 0.4) is 0 Å². The van der Waals surface area contributed by atoms with Crippen molar-refractivity contribution >= 4 is 9.84 Å². The van der Waals surface area contributed by atoms with E-state index in [4.69, 9.17) is 0 Å². The van der Waals surface area contributed by atoms with Gasteiger partial charge in [0.25, 0.3) is 0 Å². The van der Waals surface area contributed by atoms with Gasteiger partial charge in [-0.3, -0.25) is 0 Å². The van der Waals surface area contributed by atoms with E-state index in [2.05, 4.69) is 9.97 Å². The van der Waals surface area contributed by atoms with Crippen LogP contribution in [0.25, 0.3) is 0 Å². The lowest BCUT2D eigenvalue weighted by Gasteiger charge is -2.05. The molecule has 0 bridgehead atoms. The molecule has 0 aromatic carbocycles. The Balaban J connectivity index is 2.82. The largest absolute Gasteiger partial charge is 0.240 e. The number of hydrogen-bond donors (Lipinski definition) is 0. The highest BCUT2D eigenvalue weighted by atomic mass is 32.2. The van der Waals surface area contributed by atoms with Crippen molar-refractivity contribution in [3.8, 4) is 0 Å². The Kier molecular flexibility index (Phi) is 2.98. The van der Waals surface area contributed by atoms with Crippen molar-refractivity contribution in [3.63, 3.8) is 0 Å². The van der Waals surface area contributed by atoms with Gasteiger partial charge in [0.1, 0.15) is 11.6 Å². The highest BCUT2D eigenvalue weighted by Gasteiger charge is 2.17. The minimum Gasteiger partial charge on any atom is -0.240 e. The van der Waals surface area contributed by atoms with Gasteiger partial charge in [-0.1, -0.05) is 0 Å². The quantitative estimate of drug-likeness (QED) is 0.724. The first-order chi connectivity index (χ1) is 6.02. The predicted octanol–water partition coefficient (Wildman–Crippen LogP) is 0.800. The first kappa shape index (κ1) is 10.1. The van der Waals surface area contributed by atoms with E-state index in [1.54, 1.807) is 19.9 Å². The maximum atomic E-state index is 11.4. The van der Waals surface area contributed by atoms with Gasteiger partial charge in [-0.25, -0.2) is 18.4 Å². The topological polar surface area (TPSA) is 59.9 Å². The fraction of sp³-hybridized carbons (Fsp3) is 0.500. The predicted molar refractivity (Wildman–Crippen MR) is 49.8 cm³/mol. The van der Waals surface area contributed by atoms with E-state index in [-0.39, 0.29) is 11.0 Å². The van der Waals surface area contributed by atoms with Crippen molar-refractivity contribution < 1.29 is 8.42 Å². The molecule has 0 N–H and O–H groups in total. The van der Waals surface area contributed by atoms with Crippen molar-refractivity contribution in [1.82, 2.24) is 9.97 Å². The van der Waals surface area contributed by atoms with Gasteiger partial charge in [-0.05, 0) is 19.9 Å². The second kappa shape index (κ2) is 3.83. The van der Waals surface area contributed by atoms with Gasteiger partial charge >= 0.3 is 0 Å².